The maximum absolute atomic E-state index is 14.0. The highest BCUT2D eigenvalue weighted by Crippen LogP contribution is 2.38. The molecule has 2 aromatic rings. The van der Waals surface area contributed by atoms with Gasteiger partial charge in [-0.1, -0.05) is 12.8 Å². The zero-order valence-corrected chi connectivity index (χ0v) is 12.4. The molecule has 1 aromatic carbocycles. The molecule has 1 heterocycles. The van der Waals surface area contributed by atoms with E-state index in [0.717, 1.165) is 15.9 Å². The van der Waals surface area contributed by atoms with E-state index in [1.807, 2.05) is 13.1 Å². The van der Waals surface area contributed by atoms with E-state index in [0.29, 0.717) is 16.8 Å². The number of benzene rings is 1. The zero-order valence-electron chi connectivity index (χ0n) is 10.8. The van der Waals surface area contributed by atoms with Gasteiger partial charge in [-0.25, -0.2) is 4.39 Å². The number of pyridine rings is 1. The third-order valence-corrected chi connectivity index (χ3v) is 4.56. The van der Waals surface area contributed by atoms with E-state index < -0.39 is 0 Å². The van der Waals surface area contributed by atoms with Crippen molar-refractivity contribution in [3.05, 3.63) is 34.2 Å². The van der Waals surface area contributed by atoms with Gasteiger partial charge in [0.1, 0.15) is 5.82 Å². The number of nitrogens with one attached hydrogen (secondary N) is 1. The first-order chi connectivity index (χ1) is 9.20. The van der Waals surface area contributed by atoms with Gasteiger partial charge in [0, 0.05) is 28.8 Å². The van der Waals surface area contributed by atoms with Crippen LogP contribution in [0.2, 0.25) is 0 Å². The molecule has 0 amide bonds. The molecule has 1 aliphatic rings. The summed E-state index contributed by atoms with van der Waals surface area (Å²) in [5.41, 5.74) is 2.63. The molecule has 1 aromatic heterocycles. The number of hydrogen-bond acceptors (Lipinski definition) is 2. The highest BCUT2D eigenvalue weighted by molar-refractivity contribution is 9.10. The Labute approximate surface area is 120 Å². The Bertz CT molecular complexity index is 621. The first kappa shape index (κ1) is 12.9. The molecule has 0 bridgehead atoms. The molecule has 0 unspecified atom stereocenters. The van der Waals surface area contributed by atoms with E-state index in [9.17, 15) is 4.39 Å². The SMILES string of the molecule is CNc1cc(C2CCCC2)nc2c(Br)ccc(F)c12. The normalized spacial score (nSPS) is 16.2. The van der Waals surface area contributed by atoms with E-state index in [1.54, 1.807) is 6.07 Å². The fraction of sp³-hybridized carbons (Fsp3) is 0.400. The van der Waals surface area contributed by atoms with Gasteiger partial charge < -0.3 is 5.32 Å². The smallest absolute Gasteiger partial charge is 0.134 e. The van der Waals surface area contributed by atoms with Crippen LogP contribution in [0.5, 0.6) is 0 Å². The molecule has 2 nitrogen and oxygen atoms in total. The molecule has 0 atom stereocenters. The third kappa shape index (κ3) is 2.22. The van der Waals surface area contributed by atoms with Crippen LogP contribution in [0.3, 0.4) is 0 Å². The minimum atomic E-state index is -0.229. The van der Waals surface area contributed by atoms with Gasteiger partial charge in [-0.15, -0.1) is 0 Å². The lowest BCUT2D eigenvalue weighted by molar-refractivity contribution is 0.639. The van der Waals surface area contributed by atoms with Crippen molar-refractivity contribution < 1.29 is 4.39 Å². The molecule has 19 heavy (non-hydrogen) atoms. The Morgan fingerprint density at radius 3 is 2.74 bits per heavy atom. The second kappa shape index (κ2) is 5.08. The molecule has 0 aliphatic heterocycles. The molecule has 0 saturated heterocycles. The molecule has 1 aliphatic carbocycles. The van der Waals surface area contributed by atoms with Crippen molar-refractivity contribution in [2.24, 2.45) is 0 Å². The Balaban J connectivity index is 2.24. The van der Waals surface area contributed by atoms with E-state index >= 15 is 0 Å². The predicted octanol–water partition coefficient (Wildman–Crippen LogP) is 4.84. The van der Waals surface area contributed by atoms with Crippen molar-refractivity contribution in [1.82, 2.24) is 4.98 Å². The van der Waals surface area contributed by atoms with Gasteiger partial charge in [0.2, 0.25) is 0 Å². The van der Waals surface area contributed by atoms with E-state index in [2.05, 4.69) is 21.2 Å². The van der Waals surface area contributed by atoms with Crippen molar-refractivity contribution in [2.75, 3.05) is 12.4 Å². The van der Waals surface area contributed by atoms with Crippen LogP contribution in [0.4, 0.5) is 10.1 Å². The molecular formula is C15H16BrFN2. The van der Waals surface area contributed by atoms with Crippen molar-refractivity contribution >= 4 is 32.5 Å². The number of fused-ring (bicyclic) bond motifs is 1. The van der Waals surface area contributed by atoms with Gasteiger partial charge in [-0.2, -0.15) is 0 Å². The average molecular weight is 323 g/mol. The first-order valence-corrected chi connectivity index (χ1v) is 7.46. The highest BCUT2D eigenvalue weighted by atomic mass is 79.9. The molecule has 100 valence electrons. The maximum Gasteiger partial charge on any atom is 0.134 e. The van der Waals surface area contributed by atoms with Gasteiger partial charge in [-0.3, -0.25) is 4.98 Å². The summed E-state index contributed by atoms with van der Waals surface area (Å²) in [6, 6.07) is 5.21. The highest BCUT2D eigenvalue weighted by Gasteiger charge is 2.21. The molecule has 1 N–H and O–H groups in total. The van der Waals surface area contributed by atoms with E-state index in [-0.39, 0.29) is 5.82 Å². The summed E-state index contributed by atoms with van der Waals surface area (Å²) in [4.78, 5) is 4.70. The number of rotatable bonds is 2. The van der Waals surface area contributed by atoms with Crippen LogP contribution in [0, 0.1) is 5.82 Å². The summed E-state index contributed by atoms with van der Waals surface area (Å²) < 4.78 is 14.9. The van der Waals surface area contributed by atoms with Gasteiger partial charge >= 0.3 is 0 Å². The summed E-state index contributed by atoms with van der Waals surface area (Å²) in [6.07, 6.45) is 4.91. The Hall–Kier alpha value is -1.16. The Kier molecular flexibility index (Phi) is 3.44. The lowest BCUT2D eigenvalue weighted by Crippen LogP contribution is -2.02. The largest absolute Gasteiger partial charge is 0.387 e. The quantitative estimate of drug-likeness (QED) is 0.856. The molecule has 0 radical (unpaired) electrons. The van der Waals surface area contributed by atoms with E-state index in [1.165, 1.54) is 31.7 Å². The number of halogens is 2. The number of hydrogen-bond donors (Lipinski definition) is 1. The van der Waals surface area contributed by atoms with Crippen LogP contribution >= 0.6 is 15.9 Å². The van der Waals surface area contributed by atoms with Crippen LogP contribution in [-0.4, -0.2) is 12.0 Å². The van der Waals surface area contributed by atoms with Crippen LogP contribution < -0.4 is 5.32 Å². The predicted molar refractivity (Wildman–Crippen MR) is 80.2 cm³/mol. The molecule has 3 rings (SSSR count). The van der Waals surface area contributed by atoms with Gasteiger partial charge in [0.15, 0.2) is 0 Å². The lowest BCUT2D eigenvalue weighted by Gasteiger charge is -2.14. The van der Waals surface area contributed by atoms with Gasteiger partial charge in [0.25, 0.3) is 0 Å². The van der Waals surface area contributed by atoms with Gasteiger partial charge in [0.05, 0.1) is 10.9 Å². The monoisotopic (exact) mass is 322 g/mol. The summed E-state index contributed by atoms with van der Waals surface area (Å²) in [5.74, 6) is 0.291. The standard InChI is InChI=1S/C15H16BrFN2/c1-18-13-8-12(9-4-2-3-5-9)19-15-10(16)6-7-11(17)14(13)15/h6-9H,2-5H2,1H3,(H,18,19). The summed E-state index contributed by atoms with van der Waals surface area (Å²) in [6.45, 7) is 0. The average Bonchev–Trinajstić information content (AvgIpc) is 2.96. The Morgan fingerprint density at radius 2 is 2.05 bits per heavy atom. The summed E-state index contributed by atoms with van der Waals surface area (Å²) in [7, 11) is 1.83. The summed E-state index contributed by atoms with van der Waals surface area (Å²) in [5, 5.41) is 3.67. The van der Waals surface area contributed by atoms with Gasteiger partial charge in [-0.05, 0) is 47.0 Å². The van der Waals surface area contributed by atoms with E-state index in [4.69, 9.17) is 4.98 Å². The minimum Gasteiger partial charge on any atom is -0.387 e. The maximum atomic E-state index is 14.0. The molecule has 0 spiro atoms. The minimum absolute atomic E-state index is 0.229. The van der Waals surface area contributed by atoms with Crippen molar-refractivity contribution in [3.63, 3.8) is 0 Å². The van der Waals surface area contributed by atoms with Crippen LogP contribution in [-0.2, 0) is 0 Å². The first-order valence-electron chi connectivity index (χ1n) is 6.67. The van der Waals surface area contributed by atoms with Crippen molar-refractivity contribution in [3.8, 4) is 0 Å². The fourth-order valence-electron chi connectivity index (χ4n) is 2.92. The van der Waals surface area contributed by atoms with Crippen LogP contribution in [0.15, 0.2) is 22.7 Å². The number of aromatic nitrogens is 1. The molecule has 1 fully saturated rings. The molecular weight excluding hydrogens is 307 g/mol. The molecule has 1 saturated carbocycles. The number of anilines is 1. The van der Waals surface area contributed by atoms with Crippen molar-refractivity contribution in [2.45, 2.75) is 31.6 Å². The second-order valence-electron chi connectivity index (χ2n) is 5.08. The summed E-state index contributed by atoms with van der Waals surface area (Å²) >= 11 is 3.48. The third-order valence-electron chi connectivity index (χ3n) is 3.92. The van der Waals surface area contributed by atoms with Crippen LogP contribution in [0.25, 0.3) is 10.9 Å². The number of nitrogens with zero attached hydrogens (tertiary/aromatic N) is 1. The second-order valence-corrected chi connectivity index (χ2v) is 5.93. The molecule has 4 heteroatoms. The Morgan fingerprint density at radius 1 is 1.32 bits per heavy atom. The lowest BCUT2D eigenvalue weighted by atomic mass is 10.0. The topological polar surface area (TPSA) is 24.9 Å². The zero-order chi connectivity index (χ0) is 13.4. The fourth-order valence-corrected chi connectivity index (χ4v) is 3.34. The van der Waals surface area contributed by atoms with Crippen molar-refractivity contribution in [1.29, 1.82) is 0 Å². The van der Waals surface area contributed by atoms with Crippen LogP contribution in [0.1, 0.15) is 37.3 Å².